The zero-order valence-corrected chi connectivity index (χ0v) is 15.6. The van der Waals surface area contributed by atoms with Crippen LogP contribution in [-0.4, -0.2) is 29.0 Å². The van der Waals surface area contributed by atoms with Gasteiger partial charge in [0.2, 0.25) is 0 Å². The number of halogens is 3. The predicted octanol–water partition coefficient (Wildman–Crippen LogP) is 4.68. The summed E-state index contributed by atoms with van der Waals surface area (Å²) in [6.45, 7) is 1.26. The first-order valence-corrected chi connectivity index (χ1v) is 9.52. The van der Waals surface area contributed by atoms with E-state index in [0.717, 1.165) is 30.9 Å². The lowest BCUT2D eigenvalue weighted by molar-refractivity contribution is -0.137. The molecule has 1 N–H and O–H groups in total. The van der Waals surface area contributed by atoms with Gasteiger partial charge in [-0.1, -0.05) is 30.3 Å². The maximum Gasteiger partial charge on any atom is 0.416 e. The fourth-order valence-corrected chi connectivity index (χ4v) is 3.69. The van der Waals surface area contributed by atoms with Crippen molar-refractivity contribution in [2.24, 2.45) is 5.92 Å². The third-order valence-corrected chi connectivity index (χ3v) is 5.29. The molecule has 1 amide bonds. The van der Waals surface area contributed by atoms with Crippen molar-refractivity contribution in [3.63, 3.8) is 0 Å². The Morgan fingerprint density at radius 2 is 1.86 bits per heavy atom. The summed E-state index contributed by atoms with van der Waals surface area (Å²) in [6, 6.07) is 12.4. The van der Waals surface area contributed by atoms with E-state index in [1.165, 1.54) is 12.1 Å². The van der Waals surface area contributed by atoms with Gasteiger partial charge < -0.3 is 10.0 Å². The van der Waals surface area contributed by atoms with Gasteiger partial charge in [-0.3, -0.25) is 4.79 Å². The standard InChI is InChI=1S/C22H24F3NO2/c23-22(24,25)20-5-1-3-16(13-20)6-7-17-4-2-12-26(14-17)21(28)19-10-8-18(15-27)9-11-19/h1,3,5,8-11,13,17,27H,2,4,6-7,12,14-15H2/t17-/m1/s1. The van der Waals surface area contributed by atoms with Crippen LogP contribution >= 0.6 is 0 Å². The van der Waals surface area contributed by atoms with Crippen molar-refractivity contribution in [2.75, 3.05) is 13.1 Å². The minimum absolute atomic E-state index is 0.0340. The van der Waals surface area contributed by atoms with Crippen molar-refractivity contribution >= 4 is 5.91 Å². The molecule has 1 aliphatic heterocycles. The average molecular weight is 391 g/mol. The number of aryl methyl sites for hydroxylation is 1. The first kappa shape index (κ1) is 20.4. The summed E-state index contributed by atoms with van der Waals surface area (Å²) in [5.74, 6) is 0.247. The Hall–Kier alpha value is -2.34. The minimum Gasteiger partial charge on any atom is -0.392 e. The molecule has 1 atom stereocenters. The third-order valence-electron chi connectivity index (χ3n) is 5.29. The molecule has 0 radical (unpaired) electrons. The molecule has 28 heavy (non-hydrogen) atoms. The molecule has 0 aromatic heterocycles. The Bertz CT molecular complexity index is 802. The van der Waals surface area contributed by atoms with Crippen molar-refractivity contribution in [3.05, 3.63) is 70.8 Å². The lowest BCUT2D eigenvalue weighted by Crippen LogP contribution is -2.40. The summed E-state index contributed by atoms with van der Waals surface area (Å²) in [6.07, 6.45) is -1.12. The first-order valence-electron chi connectivity index (χ1n) is 9.52. The summed E-state index contributed by atoms with van der Waals surface area (Å²) in [5.41, 5.74) is 1.42. The lowest BCUT2D eigenvalue weighted by atomic mass is 9.91. The molecule has 0 saturated carbocycles. The van der Waals surface area contributed by atoms with Crippen molar-refractivity contribution < 1.29 is 23.1 Å². The summed E-state index contributed by atoms with van der Waals surface area (Å²) in [4.78, 5) is 14.5. The van der Waals surface area contributed by atoms with Gasteiger partial charge in [-0.15, -0.1) is 0 Å². The normalized spacial score (nSPS) is 17.6. The monoisotopic (exact) mass is 391 g/mol. The maximum atomic E-state index is 12.9. The molecule has 2 aromatic carbocycles. The second-order valence-electron chi connectivity index (χ2n) is 7.35. The molecule has 3 nitrogen and oxygen atoms in total. The van der Waals surface area contributed by atoms with E-state index >= 15 is 0 Å². The Morgan fingerprint density at radius 3 is 2.54 bits per heavy atom. The molecule has 1 aliphatic rings. The summed E-state index contributed by atoms with van der Waals surface area (Å²) in [5, 5.41) is 9.11. The summed E-state index contributed by atoms with van der Waals surface area (Å²) in [7, 11) is 0. The van der Waals surface area contributed by atoms with E-state index in [4.69, 9.17) is 5.11 Å². The fourth-order valence-electron chi connectivity index (χ4n) is 3.69. The number of piperidine rings is 1. The number of aliphatic hydroxyl groups is 1. The van der Waals surface area contributed by atoms with Gasteiger partial charge in [-0.05, 0) is 60.9 Å². The van der Waals surface area contributed by atoms with E-state index < -0.39 is 11.7 Å². The molecule has 150 valence electrons. The lowest BCUT2D eigenvalue weighted by Gasteiger charge is -2.33. The van der Waals surface area contributed by atoms with E-state index in [1.54, 1.807) is 30.3 Å². The largest absolute Gasteiger partial charge is 0.416 e. The SMILES string of the molecule is O=C(c1ccc(CO)cc1)N1CCC[C@H](CCc2cccc(C(F)(F)F)c2)C1. The van der Waals surface area contributed by atoms with Gasteiger partial charge in [0.1, 0.15) is 0 Å². The number of carbonyl (C=O) groups is 1. The molecular formula is C22H24F3NO2. The Labute approximate surface area is 162 Å². The quantitative estimate of drug-likeness (QED) is 0.804. The number of hydrogen-bond acceptors (Lipinski definition) is 2. The third kappa shape index (κ3) is 5.13. The zero-order valence-electron chi connectivity index (χ0n) is 15.6. The average Bonchev–Trinajstić information content (AvgIpc) is 2.71. The van der Waals surface area contributed by atoms with Crippen LogP contribution in [0.25, 0.3) is 0 Å². The van der Waals surface area contributed by atoms with Gasteiger partial charge in [0, 0.05) is 18.7 Å². The molecule has 1 saturated heterocycles. The van der Waals surface area contributed by atoms with Crippen LogP contribution < -0.4 is 0 Å². The zero-order chi connectivity index (χ0) is 20.1. The van der Waals surface area contributed by atoms with Crippen LogP contribution in [0.15, 0.2) is 48.5 Å². The number of aliphatic hydroxyl groups excluding tert-OH is 1. The van der Waals surface area contributed by atoms with Crippen molar-refractivity contribution in [1.82, 2.24) is 4.90 Å². The topological polar surface area (TPSA) is 40.5 Å². The molecule has 1 heterocycles. The van der Waals surface area contributed by atoms with Crippen LogP contribution in [0.1, 0.15) is 46.3 Å². The molecule has 0 spiro atoms. The number of alkyl halides is 3. The van der Waals surface area contributed by atoms with Crippen LogP contribution in [0, 0.1) is 5.92 Å². The van der Waals surface area contributed by atoms with E-state index in [-0.39, 0.29) is 18.4 Å². The number of likely N-dealkylation sites (tertiary alicyclic amines) is 1. The van der Waals surface area contributed by atoms with Crippen LogP contribution in [-0.2, 0) is 19.2 Å². The second kappa shape index (κ2) is 8.78. The molecule has 2 aromatic rings. The van der Waals surface area contributed by atoms with Crippen LogP contribution in [0.3, 0.4) is 0 Å². The minimum atomic E-state index is -4.32. The predicted molar refractivity (Wildman–Crippen MR) is 101 cm³/mol. The second-order valence-corrected chi connectivity index (χ2v) is 7.35. The van der Waals surface area contributed by atoms with E-state index in [2.05, 4.69) is 0 Å². The molecule has 0 aliphatic carbocycles. The first-order chi connectivity index (χ1) is 13.4. The van der Waals surface area contributed by atoms with Gasteiger partial charge >= 0.3 is 6.18 Å². The Morgan fingerprint density at radius 1 is 1.11 bits per heavy atom. The number of carbonyl (C=O) groups excluding carboxylic acids is 1. The fraction of sp³-hybridized carbons (Fsp3) is 0.409. The highest BCUT2D eigenvalue weighted by molar-refractivity contribution is 5.94. The highest BCUT2D eigenvalue weighted by atomic mass is 19.4. The van der Waals surface area contributed by atoms with Crippen LogP contribution in [0.2, 0.25) is 0 Å². The van der Waals surface area contributed by atoms with Crippen molar-refractivity contribution in [2.45, 2.75) is 38.5 Å². The van der Waals surface area contributed by atoms with E-state index in [9.17, 15) is 18.0 Å². The van der Waals surface area contributed by atoms with Gasteiger partial charge in [0.25, 0.3) is 5.91 Å². The Balaban J connectivity index is 1.58. The van der Waals surface area contributed by atoms with E-state index in [1.807, 2.05) is 4.90 Å². The van der Waals surface area contributed by atoms with Gasteiger partial charge in [0.05, 0.1) is 12.2 Å². The number of amides is 1. The molecule has 0 unspecified atom stereocenters. The molecule has 3 rings (SSSR count). The number of benzene rings is 2. The number of nitrogens with zero attached hydrogens (tertiary/aromatic N) is 1. The van der Waals surface area contributed by atoms with Crippen LogP contribution in [0.5, 0.6) is 0 Å². The van der Waals surface area contributed by atoms with Gasteiger partial charge in [0.15, 0.2) is 0 Å². The number of rotatable bonds is 5. The highest BCUT2D eigenvalue weighted by Gasteiger charge is 2.30. The molecule has 0 bridgehead atoms. The van der Waals surface area contributed by atoms with E-state index in [0.29, 0.717) is 30.6 Å². The summed E-state index contributed by atoms with van der Waals surface area (Å²) >= 11 is 0. The number of hydrogen-bond donors (Lipinski definition) is 1. The van der Waals surface area contributed by atoms with Crippen LogP contribution in [0.4, 0.5) is 13.2 Å². The summed E-state index contributed by atoms with van der Waals surface area (Å²) < 4.78 is 38.6. The molecular weight excluding hydrogens is 367 g/mol. The smallest absolute Gasteiger partial charge is 0.392 e. The Kier molecular flexibility index (Phi) is 6.39. The molecule has 1 fully saturated rings. The van der Waals surface area contributed by atoms with Gasteiger partial charge in [-0.25, -0.2) is 0 Å². The van der Waals surface area contributed by atoms with Gasteiger partial charge in [-0.2, -0.15) is 13.2 Å². The highest BCUT2D eigenvalue weighted by Crippen LogP contribution is 2.30. The molecule has 6 heteroatoms. The van der Waals surface area contributed by atoms with Crippen molar-refractivity contribution in [1.29, 1.82) is 0 Å². The maximum absolute atomic E-state index is 12.9. The van der Waals surface area contributed by atoms with Crippen molar-refractivity contribution in [3.8, 4) is 0 Å².